The molecule has 1 aliphatic carbocycles. The van der Waals surface area contributed by atoms with E-state index in [9.17, 15) is 4.79 Å². The van der Waals surface area contributed by atoms with Crippen LogP contribution in [0.2, 0.25) is 5.02 Å². The molecule has 1 fully saturated rings. The Kier molecular flexibility index (Phi) is 5.23. The highest BCUT2D eigenvalue weighted by atomic mass is 35.5. The number of aromatic nitrogens is 4. The minimum absolute atomic E-state index is 0.0664. The Morgan fingerprint density at radius 3 is 2.80 bits per heavy atom. The summed E-state index contributed by atoms with van der Waals surface area (Å²) >= 11 is 7.59. The van der Waals surface area contributed by atoms with Crippen LogP contribution in [0.25, 0.3) is 10.9 Å². The van der Waals surface area contributed by atoms with E-state index in [1.54, 1.807) is 12.3 Å². The van der Waals surface area contributed by atoms with Crippen LogP contribution in [0.15, 0.2) is 59.9 Å². The Labute approximate surface area is 182 Å². The summed E-state index contributed by atoms with van der Waals surface area (Å²) in [6, 6.07) is 15.5. The molecule has 4 aromatic rings. The first-order valence-corrected chi connectivity index (χ1v) is 11.1. The third kappa shape index (κ3) is 3.82. The highest BCUT2D eigenvalue weighted by molar-refractivity contribution is 7.99. The number of hydrogen-bond donors (Lipinski definition) is 1. The number of nitrogens with zero attached hydrogens (tertiary/aromatic N) is 3. The third-order valence-electron chi connectivity index (χ3n) is 5.06. The second-order valence-corrected chi connectivity index (χ2v) is 8.53. The van der Waals surface area contributed by atoms with Gasteiger partial charge in [0.25, 0.3) is 0 Å². The van der Waals surface area contributed by atoms with Crippen LogP contribution in [0.5, 0.6) is 5.75 Å². The molecule has 0 radical (unpaired) electrons. The number of benzene rings is 2. The van der Waals surface area contributed by atoms with E-state index in [0.717, 1.165) is 34.7 Å². The van der Waals surface area contributed by atoms with Crippen molar-refractivity contribution >= 4 is 40.0 Å². The Bertz CT molecular complexity index is 1210. The summed E-state index contributed by atoms with van der Waals surface area (Å²) in [6.07, 6.45) is 3.95. The minimum atomic E-state index is 0.0664. The molecule has 0 aliphatic heterocycles. The van der Waals surface area contributed by atoms with Crippen LogP contribution in [-0.4, -0.2) is 31.3 Å². The number of halogens is 1. The Balaban J connectivity index is 1.30. The number of thioether (sulfide) groups is 1. The number of ketones is 1. The molecule has 0 atom stereocenters. The van der Waals surface area contributed by atoms with Crippen LogP contribution < -0.4 is 4.74 Å². The van der Waals surface area contributed by atoms with Crippen molar-refractivity contribution in [2.24, 2.45) is 0 Å². The number of ether oxygens (including phenoxy) is 1. The van der Waals surface area contributed by atoms with Gasteiger partial charge < -0.3 is 9.72 Å². The number of aromatic amines is 1. The van der Waals surface area contributed by atoms with Gasteiger partial charge in [-0.1, -0.05) is 53.7 Å². The van der Waals surface area contributed by atoms with Crippen LogP contribution in [0, 0.1) is 0 Å². The molecule has 6 nitrogen and oxygen atoms in total. The fraction of sp³-hybridized carbons (Fsp3) is 0.227. The molecule has 0 bridgehead atoms. The molecule has 0 amide bonds. The first-order chi connectivity index (χ1) is 14.7. The van der Waals surface area contributed by atoms with Gasteiger partial charge in [-0.15, -0.1) is 10.2 Å². The van der Waals surface area contributed by atoms with E-state index in [4.69, 9.17) is 16.3 Å². The molecule has 1 saturated carbocycles. The number of hydrogen-bond acceptors (Lipinski definition) is 5. The lowest BCUT2D eigenvalue weighted by Crippen LogP contribution is -2.08. The molecular formula is C22H19ClN4O2S. The van der Waals surface area contributed by atoms with Gasteiger partial charge in [-0.05, 0) is 31.0 Å². The molecule has 1 N–H and O–H groups in total. The summed E-state index contributed by atoms with van der Waals surface area (Å²) in [5, 5.41) is 10.9. The molecule has 152 valence electrons. The molecule has 0 saturated heterocycles. The van der Waals surface area contributed by atoms with Crippen molar-refractivity contribution in [2.45, 2.75) is 30.6 Å². The second-order valence-electron chi connectivity index (χ2n) is 7.18. The molecule has 30 heavy (non-hydrogen) atoms. The Hall–Kier alpha value is -2.77. The topological polar surface area (TPSA) is 72.8 Å². The lowest BCUT2D eigenvalue weighted by molar-refractivity contribution is 0.102. The maximum atomic E-state index is 12.8. The fourth-order valence-electron chi connectivity index (χ4n) is 3.42. The highest BCUT2D eigenvalue weighted by Gasteiger charge is 2.30. The molecule has 2 heterocycles. The molecule has 5 rings (SSSR count). The normalized spacial score (nSPS) is 13.6. The zero-order valence-electron chi connectivity index (χ0n) is 16.0. The van der Waals surface area contributed by atoms with Crippen molar-refractivity contribution in [1.82, 2.24) is 19.7 Å². The van der Waals surface area contributed by atoms with Crippen LogP contribution >= 0.6 is 23.4 Å². The maximum absolute atomic E-state index is 12.8. The Morgan fingerprint density at radius 2 is 1.97 bits per heavy atom. The molecule has 2 aromatic carbocycles. The molecular weight excluding hydrogens is 420 g/mol. The summed E-state index contributed by atoms with van der Waals surface area (Å²) in [7, 11) is 0. The Morgan fingerprint density at radius 1 is 1.17 bits per heavy atom. The maximum Gasteiger partial charge on any atom is 0.192 e. The van der Waals surface area contributed by atoms with Crippen molar-refractivity contribution in [2.75, 3.05) is 5.75 Å². The third-order valence-corrected chi connectivity index (χ3v) is 6.32. The number of para-hydroxylation sites is 2. The predicted molar refractivity (Wildman–Crippen MR) is 117 cm³/mol. The van der Waals surface area contributed by atoms with E-state index < -0.39 is 0 Å². The standard InChI is InChI=1S/C22H19ClN4O2S/c23-17-6-2-4-8-20(17)29-12-21-25-26-22(27(21)14-9-10-14)30-13-19(28)16-11-24-18-7-3-1-5-15(16)18/h1-8,11,14,24H,9-10,12-13H2. The van der Waals surface area contributed by atoms with Gasteiger partial charge in [-0.3, -0.25) is 9.36 Å². The van der Waals surface area contributed by atoms with Gasteiger partial charge in [-0.2, -0.15) is 0 Å². The van der Waals surface area contributed by atoms with Crippen LogP contribution in [-0.2, 0) is 6.61 Å². The number of fused-ring (bicyclic) bond motifs is 1. The predicted octanol–water partition coefficient (Wildman–Crippen LogP) is 5.30. The second kappa shape index (κ2) is 8.16. The minimum Gasteiger partial charge on any atom is -0.484 e. The van der Waals surface area contributed by atoms with Crippen molar-refractivity contribution < 1.29 is 9.53 Å². The van der Waals surface area contributed by atoms with Gasteiger partial charge in [0.05, 0.1) is 10.8 Å². The van der Waals surface area contributed by atoms with Gasteiger partial charge >= 0.3 is 0 Å². The molecule has 8 heteroatoms. The summed E-state index contributed by atoms with van der Waals surface area (Å²) in [6.45, 7) is 0.282. The van der Waals surface area contributed by atoms with Crippen LogP contribution in [0.3, 0.4) is 0 Å². The zero-order chi connectivity index (χ0) is 20.5. The van der Waals surface area contributed by atoms with Crippen molar-refractivity contribution in [3.05, 3.63) is 71.1 Å². The van der Waals surface area contributed by atoms with Crippen LogP contribution in [0.1, 0.15) is 35.1 Å². The van der Waals surface area contributed by atoms with Crippen LogP contribution in [0.4, 0.5) is 0 Å². The first-order valence-electron chi connectivity index (χ1n) is 9.74. The average molecular weight is 439 g/mol. The number of rotatable bonds is 8. The van der Waals surface area contributed by atoms with Crippen molar-refractivity contribution in [1.29, 1.82) is 0 Å². The smallest absolute Gasteiger partial charge is 0.192 e. The summed E-state index contributed by atoms with van der Waals surface area (Å²) in [5.74, 6) is 1.74. The highest BCUT2D eigenvalue weighted by Crippen LogP contribution is 2.39. The lowest BCUT2D eigenvalue weighted by atomic mass is 10.1. The fourth-order valence-corrected chi connectivity index (χ4v) is 4.52. The van der Waals surface area contributed by atoms with E-state index in [1.807, 2.05) is 42.5 Å². The number of carbonyl (C=O) groups excluding carboxylic acids is 1. The van der Waals surface area contributed by atoms with E-state index in [2.05, 4.69) is 19.7 Å². The van der Waals surface area contributed by atoms with Gasteiger partial charge in [0.15, 0.2) is 16.8 Å². The summed E-state index contributed by atoms with van der Waals surface area (Å²) in [4.78, 5) is 16.0. The molecule has 0 spiro atoms. The average Bonchev–Trinajstić information content (AvgIpc) is 3.37. The van der Waals surface area contributed by atoms with Gasteiger partial charge in [0.1, 0.15) is 12.4 Å². The number of H-pyrrole nitrogens is 1. The first kappa shape index (κ1) is 19.2. The van der Waals surface area contributed by atoms with E-state index in [1.165, 1.54) is 11.8 Å². The van der Waals surface area contributed by atoms with E-state index in [0.29, 0.717) is 28.1 Å². The molecule has 2 aromatic heterocycles. The largest absolute Gasteiger partial charge is 0.484 e. The molecule has 1 aliphatic rings. The van der Waals surface area contributed by atoms with Crippen molar-refractivity contribution in [3.8, 4) is 5.75 Å². The molecule has 0 unspecified atom stereocenters. The summed E-state index contributed by atoms with van der Waals surface area (Å²) < 4.78 is 7.95. The lowest BCUT2D eigenvalue weighted by Gasteiger charge is -2.10. The van der Waals surface area contributed by atoms with Crippen molar-refractivity contribution in [3.63, 3.8) is 0 Å². The number of carbonyl (C=O) groups is 1. The number of nitrogens with one attached hydrogen (secondary N) is 1. The zero-order valence-corrected chi connectivity index (χ0v) is 17.6. The SMILES string of the molecule is O=C(CSc1nnc(COc2ccccc2Cl)n1C1CC1)c1c[nH]c2ccccc12. The van der Waals surface area contributed by atoms with E-state index in [-0.39, 0.29) is 12.4 Å². The van der Waals surface area contributed by atoms with E-state index >= 15 is 0 Å². The van der Waals surface area contributed by atoms with Gasteiger partial charge in [-0.25, -0.2) is 0 Å². The van der Waals surface area contributed by atoms with Gasteiger partial charge in [0.2, 0.25) is 0 Å². The monoisotopic (exact) mass is 438 g/mol. The summed E-state index contributed by atoms with van der Waals surface area (Å²) in [5.41, 5.74) is 1.67. The number of Topliss-reactive ketones (excluding diaryl/α,β-unsaturated/α-hetero) is 1. The van der Waals surface area contributed by atoms with Gasteiger partial charge in [0, 0.05) is 28.7 Å². The quantitative estimate of drug-likeness (QED) is 0.298.